The van der Waals surface area contributed by atoms with Crippen LogP contribution in [0.2, 0.25) is 0 Å². The normalized spacial score (nSPS) is 13.4. The lowest BCUT2D eigenvalue weighted by atomic mass is 10.0. The van der Waals surface area contributed by atoms with Gasteiger partial charge in [0, 0.05) is 10.2 Å². The number of fused-ring (bicyclic) bond motifs is 1. The molecule has 5 nitrogen and oxygen atoms in total. The molecule has 1 aliphatic heterocycles. The average molecular weight is 403 g/mol. The minimum absolute atomic E-state index is 0.0528. The Morgan fingerprint density at radius 1 is 1.24 bits per heavy atom. The van der Waals surface area contributed by atoms with Crippen LogP contribution in [-0.2, 0) is 9.59 Å². The first-order chi connectivity index (χ1) is 11.9. The number of ether oxygens (including phenoxy) is 1. The van der Waals surface area contributed by atoms with Gasteiger partial charge in [-0.3, -0.25) is 14.5 Å². The third-order valence-corrected chi connectivity index (χ3v) is 4.52. The first-order valence-corrected chi connectivity index (χ1v) is 8.86. The van der Waals surface area contributed by atoms with Crippen LogP contribution in [0.15, 0.2) is 46.9 Å². The zero-order chi connectivity index (χ0) is 18.0. The Hall–Kier alpha value is -2.34. The molecule has 2 amide bonds. The van der Waals surface area contributed by atoms with Crippen molar-refractivity contribution in [1.82, 2.24) is 0 Å². The third-order valence-electron chi connectivity index (χ3n) is 4.03. The molecule has 6 heteroatoms. The quantitative estimate of drug-likeness (QED) is 0.842. The van der Waals surface area contributed by atoms with Gasteiger partial charge in [0.25, 0.3) is 5.91 Å². The van der Waals surface area contributed by atoms with Crippen LogP contribution in [0.25, 0.3) is 0 Å². The van der Waals surface area contributed by atoms with E-state index in [1.165, 1.54) is 10.5 Å². The van der Waals surface area contributed by atoms with E-state index < -0.39 is 0 Å². The number of benzene rings is 2. The highest BCUT2D eigenvalue weighted by Crippen LogP contribution is 2.34. The molecule has 3 rings (SSSR count). The van der Waals surface area contributed by atoms with Crippen molar-refractivity contribution in [2.24, 2.45) is 0 Å². The topological polar surface area (TPSA) is 58.6 Å². The number of hydrogen-bond acceptors (Lipinski definition) is 3. The fourth-order valence-electron chi connectivity index (χ4n) is 2.65. The van der Waals surface area contributed by atoms with Crippen LogP contribution in [0.3, 0.4) is 0 Å². The van der Waals surface area contributed by atoms with E-state index >= 15 is 0 Å². The number of anilines is 2. The molecule has 0 spiro atoms. The number of nitrogens with zero attached hydrogens (tertiary/aromatic N) is 1. The first kappa shape index (κ1) is 17.5. The van der Waals surface area contributed by atoms with Crippen molar-refractivity contribution in [3.63, 3.8) is 0 Å². The van der Waals surface area contributed by atoms with E-state index in [0.29, 0.717) is 23.0 Å². The smallest absolute Gasteiger partial charge is 0.265 e. The van der Waals surface area contributed by atoms with E-state index in [9.17, 15) is 9.59 Å². The molecule has 0 atom stereocenters. The van der Waals surface area contributed by atoms with Gasteiger partial charge in [0.2, 0.25) is 5.91 Å². The molecule has 0 fully saturated rings. The molecular formula is C19H19BrN2O3. The van der Waals surface area contributed by atoms with E-state index in [4.69, 9.17) is 4.74 Å². The van der Waals surface area contributed by atoms with Crippen LogP contribution in [-0.4, -0.2) is 25.0 Å². The van der Waals surface area contributed by atoms with Crippen molar-refractivity contribution in [3.05, 3.63) is 52.5 Å². The molecule has 1 heterocycles. The lowest BCUT2D eigenvalue weighted by Gasteiger charge is -2.29. The van der Waals surface area contributed by atoms with Gasteiger partial charge in [-0.1, -0.05) is 41.9 Å². The van der Waals surface area contributed by atoms with Gasteiger partial charge in [0.05, 0.1) is 5.69 Å². The number of hydrogen-bond donors (Lipinski definition) is 1. The predicted octanol–water partition coefficient (Wildman–Crippen LogP) is 3.94. The fraction of sp³-hybridized carbons (Fsp3) is 0.263. The lowest BCUT2D eigenvalue weighted by Crippen LogP contribution is -2.43. The van der Waals surface area contributed by atoms with Crippen molar-refractivity contribution >= 4 is 39.1 Å². The number of amides is 2. The minimum Gasteiger partial charge on any atom is -0.482 e. The zero-order valence-electron chi connectivity index (χ0n) is 14.1. The molecule has 0 saturated carbocycles. The molecule has 2 aromatic carbocycles. The largest absolute Gasteiger partial charge is 0.482 e. The number of carbonyl (C=O) groups is 2. The number of carbonyl (C=O) groups excluding carboxylic acids is 2. The number of halogens is 1. The van der Waals surface area contributed by atoms with Crippen molar-refractivity contribution < 1.29 is 14.3 Å². The Balaban J connectivity index is 1.71. The van der Waals surface area contributed by atoms with Crippen LogP contribution < -0.4 is 15.0 Å². The van der Waals surface area contributed by atoms with E-state index in [1.807, 2.05) is 30.3 Å². The molecule has 0 unspecified atom stereocenters. The summed E-state index contributed by atoms with van der Waals surface area (Å²) < 4.78 is 6.29. The maximum atomic E-state index is 12.4. The molecule has 0 aliphatic carbocycles. The Morgan fingerprint density at radius 3 is 2.64 bits per heavy atom. The highest BCUT2D eigenvalue weighted by Gasteiger charge is 2.27. The van der Waals surface area contributed by atoms with Crippen molar-refractivity contribution in [2.75, 3.05) is 23.4 Å². The van der Waals surface area contributed by atoms with Gasteiger partial charge in [-0.2, -0.15) is 0 Å². The second kappa shape index (κ2) is 7.27. The molecule has 1 aliphatic rings. The lowest BCUT2D eigenvalue weighted by molar-refractivity contribution is -0.123. The standard InChI is InChI=1S/C19H19BrN2O3/c1-12(2)13-3-6-15(7-4-13)21-18(23)10-22-16-8-5-14(20)9-17(16)25-11-19(22)24/h3-9,12H,10-11H2,1-2H3,(H,21,23). The SMILES string of the molecule is CC(C)c1ccc(NC(=O)CN2C(=O)COc3cc(Br)ccc32)cc1. The van der Waals surface area contributed by atoms with Gasteiger partial charge in [0.15, 0.2) is 6.61 Å². The van der Waals surface area contributed by atoms with Crippen LogP contribution in [0.1, 0.15) is 25.3 Å². The van der Waals surface area contributed by atoms with Crippen LogP contribution in [0, 0.1) is 0 Å². The molecule has 2 aromatic rings. The van der Waals surface area contributed by atoms with Gasteiger partial charge in [0.1, 0.15) is 12.3 Å². The van der Waals surface area contributed by atoms with E-state index in [0.717, 1.165) is 4.47 Å². The Morgan fingerprint density at radius 2 is 1.96 bits per heavy atom. The van der Waals surface area contributed by atoms with Crippen molar-refractivity contribution in [3.8, 4) is 5.75 Å². The molecule has 0 bridgehead atoms. The summed E-state index contributed by atoms with van der Waals surface area (Å²) in [6.07, 6.45) is 0. The second-order valence-electron chi connectivity index (χ2n) is 6.21. The first-order valence-electron chi connectivity index (χ1n) is 8.06. The Bertz CT molecular complexity index is 803. The number of nitrogens with one attached hydrogen (secondary N) is 1. The Labute approximate surface area is 155 Å². The van der Waals surface area contributed by atoms with Crippen LogP contribution >= 0.6 is 15.9 Å². The van der Waals surface area contributed by atoms with E-state index in [1.54, 1.807) is 12.1 Å². The van der Waals surface area contributed by atoms with Crippen LogP contribution in [0.4, 0.5) is 11.4 Å². The average Bonchev–Trinajstić information content (AvgIpc) is 2.58. The molecule has 25 heavy (non-hydrogen) atoms. The van der Waals surface area contributed by atoms with Gasteiger partial charge in [-0.05, 0) is 41.8 Å². The summed E-state index contributed by atoms with van der Waals surface area (Å²) in [7, 11) is 0. The van der Waals surface area contributed by atoms with Gasteiger partial charge < -0.3 is 10.1 Å². The summed E-state index contributed by atoms with van der Waals surface area (Å²) in [4.78, 5) is 26.0. The summed E-state index contributed by atoms with van der Waals surface area (Å²) in [6, 6.07) is 13.1. The summed E-state index contributed by atoms with van der Waals surface area (Å²) in [6.45, 7) is 4.11. The minimum atomic E-state index is -0.249. The van der Waals surface area contributed by atoms with E-state index in [2.05, 4.69) is 35.1 Å². The van der Waals surface area contributed by atoms with Gasteiger partial charge in [-0.25, -0.2) is 0 Å². The predicted molar refractivity (Wildman–Crippen MR) is 101 cm³/mol. The fourth-order valence-corrected chi connectivity index (χ4v) is 2.99. The molecule has 130 valence electrons. The zero-order valence-corrected chi connectivity index (χ0v) is 15.7. The van der Waals surface area contributed by atoms with Gasteiger partial charge >= 0.3 is 0 Å². The molecule has 0 radical (unpaired) electrons. The van der Waals surface area contributed by atoms with Gasteiger partial charge in [-0.15, -0.1) is 0 Å². The molecular weight excluding hydrogens is 384 g/mol. The Kier molecular flexibility index (Phi) is 5.08. The highest BCUT2D eigenvalue weighted by atomic mass is 79.9. The molecule has 0 saturated heterocycles. The summed E-state index contributed by atoms with van der Waals surface area (Å²) in [5.41, 5.74) is 2.52. The van der Waals surface area contributed by atoms with Crippen LogP contribution in [0.5, 0.6) is 5.75 Å². The molecule has 1 N–H and O–H groups in total. The molecule has 0 aromatic heterocycles. The second-order valence-corrected chi connectivity index (χ2v) is 7.12. The third kappa shape index (κ3) is 4.02. The number of rotatable bonds is 4. The monoisotopic (exact) mass is 402 g/mol. The summed E-state index contributed by atoms with van der Waals surface area (Å²) in [5, 5.41) is 2.84. The highest BCUT2D eigenvalue weighted by molar-refractivity contribution is 9.10. The maximum Gasteiger partial charge on any atom is 0.265 e. The summed E-state index contributed by atoms with van der Waals surface area (Å²) in [5.74, 6) is 0.538. The van der Waals surface area contributed by atoms with Crippen molar-refractivity contribution in [1.29, 1.82) is 0 Å². The maximum absolute atomic E-state index is 12.4. The van der Waals surface area contributed by atoms with Crippen molar-refractivity contribution in [2.45, 2.75) is 19.8 Å². The van der Waals surface area contributed by atoms with E-state index in [-0.39, 0.29) is 25.0 Å². The summed E-state index contributed by atoms with van der Waals surface area (Å²) >= 11 is 3.37.